The molecule has 0 aromatic heterocycles. The SMILES string of the molecule is CCOC(=O)N1CCN(C(=O)CCc2ccc(OCC)c(OCC)c2)CC1. The lowest BCUT2D eigenvalue weighted by Crippen LogP contribution is -2.50. The summed E-state index contributed by atoms with van der Waals surface area (Å²) in [6, 6.07) is 5.81. The molecule has 1 fully saturated rings. The molecule has 7 heteroatoms. The number of rotatable bonds is 8. The van der Waals surface area contributed by atoms with Gasteiger partial charge in [0.1, 0.15) is 0 Å². The van der Waals surface area contributed by atoms with Crippen molar-refractivity contribution < 1.29 is 23.8 Å². The summed E-state index contributed by atoms with van der Waals surface area (Å²) in [5.41, 5.74) is 1.04. The fourth-order valence-electron chi connectivity index (χ4n) is 3.01. The fourth-order valence-corrected chi connectivity index (χ4v) is 3.01. The number of ether oxygens (including phenoxy) is 3. The molecule has 0 spiro atoms. The lowest BCUT2D eigenvalue weighted by atomic mass is 10.1. The molecule has 1 heterocycles. The van der Waals surface area contributed by atoms with Crippen molar-refractivity contribution in [1.82, 2.24) is 9.80 Å². The van der Waals surface area contributed by atoms with Gasteiger partial charge in [-0.15, -0.1) is 0 Å². The number of piperazine rings is 1. The van der Waals surface area contributed by atoms with Gasteiger partial charge in [-0.1, -0.05) is 6.07 Å². The molecule has 150 valence electrons. The van der Waals surface area contributed by atoms with Crippen molar-refractivity contribution in [1.29, 1.82) is 0 Å². The molecular weight excluding hydrogens is 348 g/mol. The maximum Gasteiger partial charge on any atom is 0.409 e. The van der Waals surface area contributed by atoms with Gasteiger partial charge in [0.15, 0.2) is 11.5 Å². The van der Waals surface area contributed by atoms with Crippen molar-refractivity contribution in [3.8, 4) is 11.5 Å². The molecule has 1 saturated heterocycles. The zero-order chi connectivity index (χ0) is 19.6. The molecule has 0 aliphatic carbocycles. The van der Waals surface area contributed by atoms with Crippen LogP contribution in [0.15, 0.2) is 18.2 Å². The number of nitrogens with zero attached hydrogens (tertiary/aromatic N) is 2. The summed E-state index contributed by atoms with van der Waals surface area (Å²) in [7, 11) is 0. The topological polar surface area (TPSA) is 68.3 Å². The van der Waals surface area contributed by atoms with Crippen molar-refractivity contribution in [3.05, 3.63) is 23.8 Å². The third-order valence-corrected chi connectivity index (χ3v) is 4.39. The highest BCUT2D eigenvalue weighted by Gasteiger charge is 2.24. The Kier molecular flexibility index (Phi) is 8.23. The average Bonchev–Trinajstić information content (AvgIpc) is 2.68. The molecule has 1 aromatic rings. The van der Waals surface area contributed by atoms with E-state index in [1.54, 1.807) is 11.8 Å². The van der Waals surface area contributed by atoms with Crippen molar-refractivity contribution >= 4 is 12.0 Å². The van der Waals surface area contributed by atoms with Crippen molar-refractivity contribution in [2.75, 3.05) is 46.0 Å². The lowest BCUT2D eigenvalue weighted by molar-refractivity contribution is -0.132. The van der Waals surface area contributed by atoms with E-state index in [4.69, 9.17) is 14.2 Å². The fraction of sp³-hybridized carbons (Fsp3) is 0.600. The normalized spacial score (nSPS) is 14.0. The first-order valence-corrected chi connectivity index (χ1v) is 9.67. The van der Waals surface area contributed by atoms with E-state index in [9.17, 15) is 9.59 Å². The van der Waals surface area contributed by atoms with Crippen LogP contribution in [0.2, 0.25) is 0 Å². The number of amides is 2. The smallest absolute Gasteiger partial charge is 0.409 e. The van der Waals surface area contributed by atoms with Crippen LogP contribution in [-0.2, 0) is 16.0 Å². The highest BCUT2D eigenvalue weighted by molar-refractivity contribution is 5.77. The first-order valence-electron chi connectivity index (χ1n) is 9.67. The van der Waals surface area contributed by atoms with E-state index < -0.39 is 0 Å². The van der Waals surface area contributed by atoms with E-state index in [2.05, 4.69) is 0 Å². The molecule has 0 radical (unpaired) electrons. The van der Waals surface area contributed by atoms with E-state index in [0.717, 1.165) is 11.3 Å². The first-order chi connectivity index (χ1) is 13.1. The number of benzene rings is 1. The summed E-state index contributed by atoms with van der Waals surface area (Å²) in [5.74, 6) is 1.54. The molecule has 2 rings (SSSR count). The third kappa shape index (κ3) is 6.05. The number of hydrogen-bond donors (Lipinski definition) is 0. The minimum absolute atomic E-state index is 0.102. The highest BCUT2D eigenvalue weighted by Crippen LogP contribution is 2.29. The van der Waals surface area contributed by atoms with Gasteiger partial charge in [0.05, 0.1) is 19.8 Å². The van der Waals surface area contributed by atoms with Crippen LogP contribution in [-0.4, -0.2) is 67.8 Å². The lowest BCUT2D eigenvalue weighted by Gasteiger charge is -2.34. The minimum Gasteiger partial charge on any atom is -0.490 e. The Hall–Kier alpha value is -2.44. The van der Waals surface area contributed by atoms with Gasteiger partial charge in [0.2, 0.25) is 5.91 Å². The van der Waals surface area contributed by atoms with Crippen LogP contribution in [0.1, 0.15) is 32.8 Å². The average molecular weight is 378 g/mol. The van der Waals surface area contributed by atoms with E-state index in [1.807, 2.05) is 36.9 Å². The van der Waals surface area contributed by atoms with Crippen molar-refractivity contribution in [2.45, 2.75) is 33.6 Å². The number of carbonyl (C=O) groups is 2. The molecule has 1 aromatic carbocycles. The quantitative estimate of drug-likeness (QED) is 0.696. The number of hydrogen-bond acceptors (Lipinski definition) is 5. The van der Waals surface area contributed by atoms with Crippen molar-refractivity contribution in [3.63, 3.8) is 0 Å². The molecule has 1 aliphatic heterocycles. The van der Waals surface area contributed by atoms with E-state index in [0.29, 0.717) is 64.6 Å². The predicted octanol–water partition coefficient (Wildman–Crippen LogP) is 2.72. The first kappa shape index (κ1) is 20.9. The number of aryl methyl sites for hydroxylation is 1. The van der Waals surface area contributed by atoms with Crippen LogP contribution in [0.5, 0.6) is 11.5 Å². The maximum absolute atomic E-state index is 12.5. The van der Waals surface area contributed by atoms with Gasteiger partial charge < -0.3 is 24.0 Å². The van der Waals surface area contributed by atoms with Crippen molar-refractivity contribution in [2.24, 2.45) is 0 Å². The second-order valence-corrected chi connectivity index (χ2v) is 6.21. The molecule has 0 saturated carbocycles. The Morgan fingerprint density at radius 3 is 2.15 bits per heavy atom. The summed E-state index contributed by atoms with van der Waals surface area (Å²) >= 11 is 0. The maximum atomic E-state index is 12.5. The van der Waals surface area contributed by atoms with Gasteiger partial charge in [0.25, 0.3) is 0 Å². The van der Waals surface area contributed by atoms with E-state index in [-0.39, 0.29) is 12.0 Å². The van der Waals surface area contributed by atoms with Crippen LogP contribution in [0.25, 0.3) is 0 Å². The minimum atomic E-state index is -0.303. The molecule has 0 bridgehead atoms. The highest BCUT2D eigenvalue weighted by atomic mass is 16.6. The third-order valence-electron chi connectivity index (χ3n) is 4.39. The summed E-state index contributed by atoms with van der Waals surface area (Å²) in [5, 5.41) is 0. The van der Waals surface area contributed by atoms with Gasteiger partial charge in [0, 0.05) is 32.6 Å². The molecule has 2 amide bonds. The Balaban J connectivity index is 1.85. The van der Waals surface area contributed by atoms with E-state index in [1.165, 1.54) is 0 Å². The summed E-state index contributed by atoms with van der Waals surface area (Å²) in [6.45, 7) is 9.29. The Labute approximate surface area is 161 Å². The van der Waals surface area contributed by atoms with Crippen LogP contribution < -0.4 is 9.47 Å². The van der Waals surface area contributed by atoms with Crippen LogP contribution in [0.4, 0.5) is 4.79 Å². The van der Waals surface area contributed by atoms with Gasteiger partial charge in [-0.05, 0) is 44.9 Å². The van der Waals surface area contributed by atoms with Crippen LogP contribution in [0.3, 0.4) is 0 Å². The molecule has 0 N–H and O–H groups in total. The molecule has 0 unspecified atom stereocenters. The zero-order valence-electron chi connectivity index (χ0n) is 16.5. The monoisotopic (exact) mass is 378 g/mol. The van der Waals surface area contributed by atoms with Gasteiger partial charge in [-0.3, -0.25) is 4.79 Å². The zero-order valence-corrected chi connectivity index (χ0v) is 16.5. The second kappa shape index (κ2) is 10.6. The molecular formula is C20H30N2O5. The summed E-state index contributed by atoms with van der Waals surface area (Å²) in [4.78, 5) is 27.7. The molecule has 7 nitrogen and oxygen atoms in total. The summed E-state index contributed by atoms with van der Waals surface area (Å²) in [6.07, 6.45) is 0.768. The van der Waals surface area contributed by atoms with Gasteiger partial charge in [-0.25, -0.2) is 4.79 Å². The van der Waals surface area contributed by atoms with Gasteiger partial charge in [-0.2, -0.15) is 0 Å². The summed E-state index contributed by atoms with van der Waals surface area (Å²) < 4.78 is 16.2. The predicted molar refractivity (Wildman–Crippen MR) is 102 cm³/mol. The second-order valence-electron chi connectivity index (χ2n) is 6.21. The Morgan fingerprint density at radius 2 is 1.52 bits per heavy atom. The Morgan fingerprint density at radius 1 is 0.889 bits per heavy atom. The van der Waals surface area contributed by atoms with Crippen LogP contribution >= 0.6 is 0 Å². The van der Waals surface area contributed by atoms with Gasteiger partial charge >= 0.3 is 6.09 Å². The van der Waals surface area contributed by atoms with Crippen LogP contribution in [0, 0.1) is 0 Å². The molecule has 27 heavy (non-hydrogen) atoms. The number of carbonyl (C=O) groups excluding carboxylic acids is 2. The molecule has 1 aliphatic rings. The Bertz CT molecular complexity index is 627. The standard InChI is InChI=1S/C20H30N2O5/c1-4-25-17-9-7-16(15-18(17)26-5-2)8-10-19(23)21-11-13-22(14-12-21)20(24)27-6-3/h7,9,15H,4-6,8,10-14H2,1-3H3. The largest absolute Gasteiger partial charge is 0.490 e. The van der Waals surface area contributed by atoms with E-state index >= 15 is 0 Å². The molecule has 0 atom stereocenters.